The molecule has 6 rings (SSSR count). The highest BCUT2D eigenvalue weighted by atomic mass is 32.2. The van der Waals surface area contributed by atoms with Gasteiger partial charge in [0.1, 0.15) is 35.2 Å². The van der Waals surface area contributed by atoms with Crippen molar-refractivity contribution in [1.29, 1.82) is 0 Å². The molecule has 1 aliphatic carbocycles. The number of carbonyl (C=O) groups is 3. The summed E-state index contributed by atoms with van der Waals surface area (Å²) < 4.78 is 53.0. The van der Waals surface area contributed by atoms with Crippen LogP contribution in [0.25, 0.3) is 11.9 Å². The van der Waals surface area contributed by atoms with Gasteiger partial charge in [-0.1, -0.05) is 37.5 Å². The molecular formula is C37H48F2N6O7SSi. The Morgan fingerprint density at radius 1 is 1.13 bits per heavy atom. The molecule has 3 atom stereocenters. The summed E-state index contributed by atoms with van der Waals surface area (Å²) in [6, 6.07) is 5.05. The molecule has 4 heterocycles. The fourth-order valence-electron chi connectivity index (χ4n) is 6.61. The molecule has 17 heteroatoms. The molecule has 13 nitrogen and oxygen atoms in total. The number of nitrogens with zero attached hydrogens (tertiary/aromatic N) is 6. The van der Waals surface area contributed by atoms with Gasteiger partial charge in [0.15, 0.2) is 16.8 Å². The van der Waals surface area contributed by atoms with Crippen molar-refractivity contribution in [2.24, 2.45) is 10.9 Å². The first-order valence-electron chi connectivity index (χ1n) is 18.1. The molecule has 1 saturated carbocycles. The topological polar surface area (TPSA) is 136 Å². The first-order chi connectivity index (χ1) is 25.4. The predicted octanol–water partition coefficient (Wildman–Crippen LogP) is 6.52. The van der Waals surface area contributed by atoms with Crippen molar-refractivity contribution >= 4 is 60.8 Å². The summed E-state index contributed by atoms with van der Waals surface area (Å²) in [5.74, 6) is -1.68. The van der Waals surface area contributed by atoms with Gasteiger partial charge in [0.05, 0.1) is 37.7 Å². The number of amidine groups is 1. The van der Waals surface area contributed by atoms with E-state index < -0.39 is 53.7 Å². The average Bonchev–Trinajstić information content (AvgIpc) is 3.72. The third-order valence-corrected chi connectivity index (χ3v) is 12.8. The fourth-order valence-corrected chi connectivity index (χ4v) is 9.01. The zero-order chi connectivity index (χ0) is 39.1. The van der Waals surface area contributed by atoms with Gasteiger partial charge in [0, 0.05) is 39.3 Å². The summed E-state index contributed by atoms with van der Waals surface area (Å²) in [5.41, 5.74) is -1.82. The minimum Gasteiger partial charge on any atom is -0.447 e. The Balaban J connectivity index is 1.37. The lowest BCUT2D eigenvalue weighted by Gasteiger charge is -2.39. The standard InChI is InChI=1S/C37H48F2N6O7SSi/c1-35(2,3)52-34(48)45(23-50-16-17-54(5,6)7)32-42-36(4,29-20-37(29,53-32)31(46)43-10-13-49-14-11-43)25-18-24(8-9-26(25)38)19-27(39)28-21-41-30(22-40-28)44-12-15-51-33(44)47/h8-9,18-19,21-22,29H,10-17,20,23H2,1-7H3/b27-19-/t29-,36+,37-/m0/s1. The molecule has 2 saturated heterocycles. The van der Waals surface area contributed by atoms with Gasteiger partial charge in [0.2, 0.25) is 5.91 Å². The van der Waals surface area contributed by atoms with E-state index in [-0.39, 0.29) is 41.5 Å². The Kier molecular flexibility index (Phi) is 11.3. The van der Waals surface area contributed by atoms with E-state index in [1.807, 2.05) is 0 Å². The first-order valence-corrected chi connectivity index (χ1v) is 22.6. The van der Waals surface area contributed by atoms with Gasteiger partial charge in [-0.25, -0.2) is 33.2 Å². The van der Waals surface area contributed by atoms with E-state index in [1.165, 1.54) is 58.2 Å². The normalized spacial score (nSPS) is 24.5. The van der Waals surface area contributed by atoms with Crippen LogP contribution in [0, 0.1) is 11.7 Å². The lowest BCUT2D eigenvalue weighted by molar-refractivity contribution is -0.136. The third kappa shape index (κ3) is 8.63. The smallest absolute Gasteiger partial charge is 0.418 e. The minimum absolute atomic E-state index is 0.0859. The molecule has 3 amide bonds. The van der Waals surface area contributed by atoms with E-state index in [0.29, 0.717) is 51.4 Å². The van der Waals surface area contributed by atoms with Crippen LogP contribution >= 0.6 is 11.8 Å². The molecule has 4 aliphatic rings. The molecule has 1 aromatic heterocycles. The maximum Gasteiger partial charge on any atom is 0.418 e. The number of thioether (sulfide) groups is 1. The van der Waals surface area contributed by atoms with Gasteiger partial charge in [-0.3, -0.25) is 14.7 Å². The molecule has 0 spiro atoms. The number of halogens is 2. The molecule has 0 radical (unpaired) electrons. The number of ether oxygens (including phenoxy) is 4. The van der Waals surface area contributed by atoms with Gasteiger partial charge in [-0.05, 0) is 63.9 Å². The number of aromatic nitrogens is 2. The monoisotopic (exact) mass is 786 g/mol. The van der Waals surface area contributed by atoms with Gasteiger partial charge in [-0.2, -0.15) is 0 Å². The number of hydrogen-bond donors (Lipinski definition) is 0. The van der Waals surface area contributed by atoms with Crippen LogP contribution in [0.3, 0.4) is 0 Å². The van der Waals surface area contributed by atoms with Gasteiger partial charge in [0.25, 0.3) is 0 Å². The number of fused-ring (bicyclic) bond motifs is 1. The van der Waals surface area contributed by atoms with Crippen LogP contribution < -0.4 is 4.90 Å². The molecule has 3 fully saturated rings. The molecular weight excluding hydrogens is 739 g/mol. The molecule has 1 aromatic carbocycles. The van der Waals surface area contributed by atoms with Crippen LogP contribution in [0.2, 0.25) is 25.7 Å². The number of anilines is 1. The number of carbonyl (C=O) groups excluding carboxylic acids is 3. The second-order valence-corrected chi connectivity index (χ2v) is 23.1. The second kappa shape index (κ2) is 15.3. The fraction of sp³-hybridized carbons (Fsp3) is 0.568. The van der Waals surface area contributed by atoms with E-state index in [2.05, 4.69) is 29.6 Å². The van der Waals surface area contributed by atoms with Crippen molar-refractivity contribution in [3.8, 4) is 0 Å². The maximum atomic E-state index is 16.1. The summed E-state index contributed by atoms with van der Waals surface area (Å²) in [6.45, 7) is 16.1. The number of aliphatic imine (C=N–C) groups is 1. The summed E-state index contributed by atoms with van der Waals surface area (Å²) in [5, 5.41) is 0.180. The maximum absolute atomic E-state index is 16.1. The molecule has 0 unspecified atom stereocenters. The van der Waals surface area contributed by atoms with Crippen LogP contribution in [0.1, 0.15) is 50.9 Å². The quantitative estimate of drug-likeness (QED) is 0.149. The minimum atomic E-state index is -1.46. The molecule has 0 N–H and O–H groups in total. The summed E-state index contributed by atoms with van der Waals surface area (Å²) in [4.78, 5) is 57.9. The van der Waals surface area contributed by atoms with E-state index in [1.54, 1.807) is 32.6 Å². The van der Waals surface area contributed by atoms with Crippen molar-refractivity contribution < 1.29 is 42.1 Å². The van der Waals surface area contributed by atoms with Gasteiger partial charge in [-0.15, -0.1) is 0 Å². The Hall–Kier alpha value is -3.93. The molecule has 292 valence electrons. The van der Waals surface area contributed by atoms with Gasteiger partial charge >= 0.3 is 12.2 Å². The highest BCUT2D eigenvalue weighted by molar-refractivity contribution is 8.16. The SMILES string of the molecule is CC(C)(C)OC(=O)N(COCC[Si](C)(C)C)C1=N[C@](C)(c2cc(/C=C(\F)c3cnc(N4CCOC4=O)cn3)ccc2F)[C@@H]2C[C@]2(C(=O)N2CCOCC2)S1. The summed E-state index contributed by atoms with van der Waals surface area (Å²) in [6.07, 6.45) is 2.82. The molecule has 3 aliphatic heterocycles. The summed E-state index contributed by atoms with van der Waals surface area (Å²) in [7, 11) is -1.46. The van der Waals surface area contributed by atoms with Crippen molar-refractivity contribution in [3.63, 3.8) is 0 Å². The van der Waals surface area contributed by atoms with Crippen molar-refractivity contribution in [2.45, 2.75) is 75.7 Å². The molecule has 2 aromatic rings. The number of benzene rings is 1. The van der Waals surface area contributed by atoms with Crippen LogP contribution in [0.5, 0.6) is 0 Å². The predicted molar refractivity (Wildman–Crippen MR) is 204 cm³/mol. The number of cyclic esters (lactones) is 1. The zero-order valence-corrected chi connectivity index (χ0v) is 33.6. The number of morpholine rings is 1. The van der Waals surface area contributed by atoms with E-state index in [0.717, 1.165) is 6.04 Å². The Labute approximate surface area is 319 Å². The highest BCUT2D eigenvalue weighted by Crippen LogP contribution is 2.67. The number of hydrogen-bond acceptors (Lipinski definition) is 11. The average molecular weight is 787 g/mol. The van der Waals surface area contributed by atoms with Crippen molar-refractivity contribution in [3.05, 3.63) is 53.2 Å². The van der Waals surface area contributed by atoms with Crippen molar-refractivity contribution in [1.82, 2.24) is 19.8 Å². The van der Waals surface area contributed by atoms with Crippen LogP contribution in [0.15, 0.2) is 35.6 Å². The van der Waals surface area contributed by atoms with Crippen LogP contribution in [-0.2, 0) is 29.3 Å². The zero-order valence-electron chi connectivity index (χ0n) is 31.8. The van der Waals surface area contributed by atoms with Crippen LogP contribution in [-0.4, -0.2) is 114 Å². The van der Waals surface area contributed by atoms with Gasteiger partial charge < -0.3 is 23.8 Å². The lowest BCUT2D eigenvalue weighted by atomic mass is 9.84. The number of rotatable bonds is 10. The largest absolute Gasteiger partial charge is 0.447 e. The lowest BCUT2D eigenvalue weighted by Crippen LogP contribution is -2.51. The Bertz CT molecular complexity index is 1830. The first kappa shape index (κ1) is 39.8. The molecule has 54 heavy (non-hydrogen) atoms. The Morgan fingerprint density at radius 3 is 2.50 bits per heavy atom. The van der Waals surface area contributed by atoms with Crippen LogP contribution in [0.4, 0.5) is 24.2 Å². The van der Waals surface area contributed by atoms with E-state index in [4.69, 9.17) is 23.9 Å². The van der Waals surface area contributed by atoms with Crippen molar-refractivity contribution in [2.75, 3.05) is 57.7 Å². The van der Waals surface area contributed by atoms with E-state index in [9.17, 15) is 14.4 Å². The van der Waals surface area contributed by atoms with E-state index >= 15 is 8.78 Å². The highest BCUT2D eigenvalue weighted by Gasteiger charge is 2.72. The summed E-state index contributed by atoms with van der Waals surface area (Å²) >= 11 is 1.19. The second-order valence-electron chi connectivity index (χ2n) is 16.2. The number of amides is 3. The molecule has 0 bridgehead atoms. The third-order valence-electron chi connectivity index (χ3n) is 9.66. The Morgan fingerprint density at radius 2 is 1.87 bits per heavy atom.